The van der Waals surface area contributed by atoms with Crippen LogP contribution >= 0.6 is 11.3 Å². The van der Waals surface area contributed by atoms with Gasteiger partial charge in [0, 0.05) is 18.7 Å². The molecule has 0 spiro atoms. The molecule has 0 saturated carbocycles. The van der Waals surface area contributed by atoms with Crippen LogP contribution in [0.2, 0.25) is 0 Å². The monoisotopic (exact) mass is 366 g/mol. The number of halogens is 1. The Morgan fingerprint density at radius 3 is 2.62 bits per heavy atom. The van der Waals surface area contributed by atoms with E-state index in [1.54, 1.807) is 0 Å². The average Bonchev–Trinajstić information content (AvgIpc) is 3.04. The van der Waals surface area contributed by atoms with Gasteiger partial charge in [-0.2, -0.15) is 0 Å². The highest BCUT2D eigenvalue weighted by Crippen LogP contribution is 2.48. The Hall–Kier alpha value is -2.42. The Kier molecular flexibility index (Phi) is 4.62. The first-order chi connectivity index (χ1) is 12.7. The smallest absolute Gasteiger partial charge is 0.227 e. The average molecular weight is 366 g/mol. The van der Waals surface area contributed by atoms with Crippen molar-refractivity contribution in [2.75, 3.05) is 31.2 Å². The van der Waals surface area contributed by atoms with Gasteiger partial charge in [-0.3, -0.25) is 0 Å². The third kappa shape index (κ3) is 2.96. The van der Waals surface area contributed by atoms with Crippen molar-refractivity contribution in [3.8, 4) is 0 Å². The van der Waals surface area contributed by atoms with E-state index in [4.69, 9.17) is 11.3 Å². The molecule has 1 aliphatic rings. The lowest BCUT2D eigenvalue weighted by Crippen LogP contribution is -2.35. The number of hydrogen-bond acceptors (Lipinski definition) is 3. The molecule has 1 fully saturated rings. The lowest BCUT2D eigenvalue weighted by Gasteiger charge is -2.28. The minimum Gasteiger partial charge on any atom is -0.378 e. The minimum atomic E-state index is -1.30. The van der Waals surface area contributed by atoms with Gasteiger partial charge in [0.2, 0.25) is 5.69 Å². The van der Waals surface area contributed by atoms with Crippen LogP contribution in [0.4, 0.5) is 15.1 Å². The molecule has 0 bridgehead atoms. The van der Waals surface area contributed by atoms with E-state index in [0.717, 1.165) is 33.7 Å². The molecule has 26 heavy (non-hydrogen) atoms. The molecule has 4 rings (SSSR count). The molecule has 2 aromatic carbocycles. The maximum atomic E-state index is 15.5. The van der Waals surface area contributed by atoms with Crippen molar-refractivity contribution >= 4 is 32.8 Å². The van der Waals surface area contributed by atoms with E-state index in [-0.39, 0.29) is 0 Å². The highest BCUT2D eigenvalue weighted by Gasteiger charge is 2.28. The summed E-state index contributed by atoms with van der Waals surface area (Å²) in [4.78, 5) is 6.73. The summed E-state index contributed by atoms with van der Waals surface area (Å²) < 4.78 is 20.9. The molecule has 0 radical (unpaired) electrons. The zero-order valence-electron chi connectivity index (χ0n) is 14.5. The van der Waals surface area contributed by atoms with Gasteiger partial charge < -0.3 is 9.64 Å². The number of rotatable bonds is 3. The zero-order valence-corrected chi connectivity index (χ0v) is 15.4. The van der Waals surface area contributed by atoms with Crippen molar-refractivity contribution in [3.63, 3.8) is 0 Å². The molecule has 1 unspecified atom stereocenters. The van der Waals surface area contributed by atoms with Crippen molar-refractivity contribution in [1.29, 1.82) is 0 Å². The fourth-order valence-corrected chi connectivity index (χ4v) is 4.61. The van der Waals surface area contributed by atoms with Crippen LogP contribution in [0.15, 0.2) is 42.5 Å². The normalized spacial score (nSPS) is 15.8. The number of hydrogen-bond donors (Lipinski definition) is 0. The Morgan fingerprint density at radius 1 is 1.15 bits per heavy atom. The number of fused-ring (bicyclic) bond motifs is 1. The number of alkyl halides is 1. The van der Waals surface area contributed by atoms with Crippen LogP contribution in [-0.4, -0.2) is 26.3 Å². The Balaban J connectivity index is 1.76. The maximum absolute atomic E-state index is 15.5. The Morgan fingerprint density at radius 2 is 1.88 bits per heavy atom. The van der Waals surface area contributed by atoms with Gasteiger partial charge in [0.05, 0.1) is 24.8 Å². The van der Waals surface area contributed by atoms with Crippen molar-refractivity contribution in [2.45, 2.75) is 13.1 Å². The number of morpholine rings is 1. The molecule has 0 N–H and O–H groups in total. The molecule has 3 nitrogen and oxygen atoms in total. The molecule has 1 saturated heterocycles. The molecule has 1 aliphatic heterocycles. The van der Waals surface area contributed by atoms with Gasteiger partial charge in [0.1, 0.15) is 6.17 Å². The second kappa shape index (κ2) is 7.06. The minimum absolute atomic E-state index is 0.454. The first kappa shape index (κ1) is 17.0. The lowest BCUT2D eigenvalue weighted by atomic mass is 9.99. The first-order valence-corrected chi connectivity index (χ1v) is 9.47. The molecular formula is C21H19FN2OS. The van der Waals surface area contributed by atoms with Gasteiger partial charge in [0.25, 0.3) is 0 Å². The standard InChI is InChI=1S/C21H19FN2OS/c1-14-18(20(23-2)21(26-14)24-9-11-25-12-10-24)19(22)17-8-7-15-5-3-4-6-16(15)13-17/h3-8,13,19H,9-12H2,1H3. The summed E-state index contributed by atoms with van der Waals surface area (Å²) in [6.07, 6.45) is -1.30. The van der Waals surface area contributed by atoms with Gasteiger partial charge in [-0.1, -0.05) is 36.4 Å². The van der Waals surface area contributed by atoms with Crippen molar-refractivity contribution in [2.24, 2.45) is 0 Å². The largest absolute Gasteiger partial charge is 0.378 e. The van der Waals surface area contributed by atoms with E-state index < -0.39 is 6.17 Å². The van der Waals surface area contributed by atoms with Gasteiger partial charge in [0.15, 0.2) is 0 Å². The van der Waals surface area contributed by atoms with E-state index in [0.29, 0.717) is 30.0 Å². The van der Waals surface area contributed by atoms with E-state index in [1.165, 1.54) is 11.3 Å². The van der Waals surface area contributed by atoms with Crippen LogP contribution in [0.1, 0.15) is 22.2 Å². The van der Waals surface area contributed by atoms with Crippen LogP contribution in [0.3, 0.4) is 0 Å². The highest BCUT2D eigenvalue weighted by atomic mass is 32.1. The molecule has 132 valence electrons. The highest BCUT2D eigenvalue weighted by molar-refractivity contribution is 7.17. The zero-order chi connectivity index (χ0) is 18.1. The summed E-state index contributed by atoms with van der Waals surface area (Å²) in [5.41, 5.74) is 1.57. The fourth-order valence-electron chi connectivity index (χ4n) is 3.45. The van der Waals surface area contributed by atoms with Crippen LogP contribution in [0, 0.1) is 13.5 Å². The third-order valence-corrected chi connectivity index (χ3v) is 5.99. The predicted octanol–water partition coefficient (Wildman–Crippen LogP) is 5.66. The molecule has 0 aliphatic carbocycles. The number of thiophene rings is 1. The molecule has 1 atom stereocenters. The number of benzene rings is 2. The van der Waals surface area contributed by atoms with Gasteiger partial charge in [-0.15, -0.1) is 11.3 Å². The van der Waals surface area contributed by atoms with E-state index in [9.17, 15) is 0 Å². The molecule has 2 heterocycles. The molecule has 1 aromatic heterocycles. The van der Waals surface area contributed by atoms with Crippen molar-refractivity contribution < 1.29 is 9.13 Å². The molecule has 5 heteroatoms. The molecule has 0 amide bonds. The predicted molar refractivity (Wildman–Crippen MR) is 105 cm³/mol. The van der Waals surface area contributed by atoms with Crippen LogP contribution in [0.25, 0.3) is 15.6 Å². The second-order valence-electron chi connectivity index (χ2n) is 6.41. The Bertz CT molecular complexity index is 985. The van der Waals surface area contributed by atoms with Gasteiger partial charge >= 0.3 is 0 Å². The topological polar surface area (TPSA) is 16.8 Å². The van der Waals surface area contributed by atoms with E-state index in [2.05, 4.69) is 9.74 Å². The second-order valence-corrected chi connectivity index (χ2v) is 7.61. The SMILES string of the molecule is [C-]#[N+]c1c(N2CCOCC2)sc(C)c1C(F)c1ccc2ccccc2c1. The van der Waals surface area contributed by atoms with Crippen molar-refractivity contribution in [1.82, 2.24) is 0 Å². The number of ether oxygens (including phenoxy) is 1. The van der Waals surface area contributed by atoms with Gasteiger partial charge in [-0.25, -0.2) is 9.24 Å². The van der Waals surface area contributed by atoms with Crippen LogP contribution in [-0.2, 0) is 4.74 Å². The summed E-state index contributed by atoms with van der Waals surface area (Å²) in [5.74, 6) is 0. The number of nitrogens with zero attached hydrogens (tertiary/aromatic N) is 2. The first-order valence-electron chi connectivity index (χ1n) is 8.65. The van der Waals surface area contributed by atoms with Crippen molar-refractivity contribution in [3.05, 3.63) is 69.9 Å². The third-order valence-electron chi connectivity index (χ3n) is 4.82. The molecular weight excluding hydrogens is 347 g/mol. The number of anilines is 1. The maximum Gasteiger partial charge on any atom is 0.227 e. The Labute approximate surface area is 156 Å². The van der Waals surface area contributed by atoms with Gasteiger partial charge in [-0.05, 0) is 34.2 Å². The number of aryl methyl sites for hydroxylation is 1. The summed E-state index contributed by atoms with van der Waals surface area (Å²) >= 11 is 1.52. The molecule has 3 aromatic rings. The summed E-state index contributed by atoms with van der Waals surface area (Å²) in [5, 5.41) is 2.97. The summed E-state index contributed by atoms with van der Waals surface area (Å²) in [7, 11) is 0. The fraction of sp³-hybridized carbons (Fsp3) is 0.286. The lowest BCUT2D eigenvalue weighted by molar-refractivity contribution is 0.123. The summed E-state index contributed by atoms with van der Waals surface area (Å²) in [6, 6.07) is 13.6. The van der Waals surface area contributed by atoms with E-state index >= 15 is 4.39 Å². The van der Waals surface area contributed by atoms with E-state index in [1.807, 2.05) is 49.4 Å². The van der Waals surface area contributed by atoms with Crippen LogP contribution < -0.4 is 4.90 Å². The summed E-state index contributed by atoms with van der Waals surface area (Å²) in [6.45, 7) is 12.3. The quantitative estimate of drug-likeness (QED) is 0.557. The van der Waals surface area contributed by atoms with Crippen LogP contribution in [0.5, 0.6) is 0 Å².